The third kappa shape index (κ3) is 7.70. The van der Waals surface area contributed by atoms with Crippen LogP contribution < -0.4 is 9.62 Å². The second-order valence-electron chi connectivity index (χ2n) is 9.49. The van der Waals surface area contributed by atoms with Gasteiger partial charge in [-0.25, -0.2) is 8.42 Å². The van der Waals surface area contributed by atoms with Crippen LogP contribution in [0, 0.1) is 6.92 Å². The van der Waals surface area contributed by atoms with Crippen molar-refractivity contribution in [2.75, 3.05) is 17.1 Å². The fourth-order valence-corrected chi connectivity index (χ4v) is 5.27. The van der Waals surface area contributed by atoms with Gasteiger partial charge < -0.3 is 10.2 Å². The van der Waals surface area contributed by atoms with Crippen molar-refractivity contribution in [3.63, 3.8) is 0 Å². The first-order chi connectivity index (χ1) is 17.3. The van der Waals surface area contributed by atoms with Gasteiger partial charge in [-0.05, 0) is 50.5 Å². The number of amides is 2. The first kappa shape index (κ1) is 28.5. The van der Waals surface area contributed by atoms with E-state index >= 15 is 0 Å². The van der Waals surface area contributed by atoms with Gasteiger partial charge in [0.05, 0.1) is 17.5 Å². The lowest BCUT2D eigenvalue weighted by molar-refractivity contribution is -0.139. The summed E-state index contributed by atoms with van der Waals surface area (Å²) in [6.07, 6.45) is -0.157. The van der Waals surface area contributed by atoms with E-state index in [0.717, 1.165) is 55.2 Å². The Morgan fingerprint density at radius 3 is 2.32 bits per heavy atom. The highest BCUT2D eigenvalue weighted by atomic mass is 32.2. The molecule has 2 aromatic carbocycles. The van der Waals surface area contributed by atoms with Crippen molar-refractivity contribution in [3.05, 3.63) is 65.2 Å². The number of hydrogen-bond acceptors (Lipinski definition) is 4. The Labute approximate surface area is 215 Å². The van der Waals surface area contributed by atoms with Gasteiger partial charge in [-0.2, -0.15) is 13.2 Å². The van der Waals surface area contributed by atoms with Crippen molar-refractivity contribution in [1.82, 2.24) is 10.2 Å². The van der Waals surface area contributed by atoms with E-state index in [1.807, 2.05) is 25.1 Å². The van der Waals surface area contributed by atoms with Crippen molar-refractivity contribution in [2.45, 2.75) is 64.3 Å². The Morgan fingerprint density at radius 1 is 1.08 bits per heavy atom. The number of benzene rings is 2. The van der Waals surface area contributed by atoms with Gasteiger partial charge in [0.1, 0.15) is 12.6 Å². The van der Waals surface area contributed by atoms with E-state index in [-0.39, 0.29) is 24.2 Å². The average molecular weight is 540 g/mol. The van der Waals surface area contributed by atoms with E-state index < -0.39 is 40.3 Å². The van der Waals surface area contributed by atoms with E-state index in [1.165, 1.54) is 11.0 Å². The molecule has 1 fully saturated rings. The Morgan fingerprint density at radius 2 is 1.73 bits per heavy atom. The van der Waals surface area contributed by atoms with Crippen LogP contribution in [0.2, 0.25) is 0 Å². The number of nitrogens with zero attached hydrogens (tertiary/aromatic N) is 2. The standard InChI is InChI=1S/C26H32F3N3O4S/c1-18-8-6-9-20(14-18)16-31(19(2)25(34)30-22-11-4-5-12-22)24(33)17-32(37(3,35)36)23-13-7-10-21(15-23)26(27,28)29/h6-10,13-15,19,22H,4-5,11-12,16-17H2,1-3H3,(H,30,34)/t19-/m1/s1. The fourth-order valence-electron chi connectivity index (χ4n) is 4.43. The largest absolute Gasteiger partial charge is 0.416 e. The molecule has 0 unspecified atom stereocenters. The normalized spacial score (nSPS) is 15.3. The van der Waals surface area contributed by atoms with Crippen LogP contribution in [-0.2, 0) is 32.3 Å². The summed E-state index contributed by atoms with van der Waals surface area (Å²) < 4.78 is 65.6. The zero-order valence-corrected chi connectivity index (χ0v) is 21.9. The minimum atomic E-state index is -4.69. The van der Waals surface area contributed by atoms with Crippen LogP contribution in [0.25, 0.3) is 0 Å². The second kappa shape index (κ2) is 11.5. The first-order valence-electron chi connectivity index (χ1n) is 12.1. The number of halogens is 3. The van der Waals surface area contributed by atoms with Gasteiger partial charge in [-0.3, -0.25) is 13.9 Å². The number of nitrogens with one attached hydrogen (secondary N) is 1. The lowest BCUT2D eigenvalue weighted by atomic mass is 10.1. The molecule has 1 N–H and O–H groups in total. The predicted octanol–water partition coefficient (Wildman–Crippen LogP) is 4.26. The van der Waals surface area contributed by atoms with Crippen LogP contribution in [-0.4, -0.2) is 50.0 Å². The maximum Gasteiger partial charge on any atom is 0.416 e. The number of sulfonamides is 1. The van der Waals surface area contributed by atoms with Crippen molar-refractivity contribution in [1.29, 1.82) is 0 Å². The van der Waals surface area contributed by atoms with Crippen LogP contribution in [0.15, 0.2) is 48.5 Å². The Bertz CT molecular complexity index is 1230. The van der Waals surface area contributed by atoms with Crippen molar-refractivity contribution in [2.24, 2.45) is 0 Å². The summed E-state index contributed by atoms with van der Waals surface area (Å²) in [6, 6.07) is 10.2. The lowest BCUT2D eigenvalue weighted by Crippen LogP contribution is -2.52. The Hall–Kier alpha value is -3.08. The monoisotopic (exact) mass is 539 g/mol. The third-order valence-corrected chi connectivity index (χ3v) is 7.59. The summed E-state index contributed by atoms with van der Waals surface area (Å²) in [5.74, 6) is -1.07. The van der Waals surface area contributed by atoms with Gasteiger partial charge in [-0.1, -0.05) is 48.7 Å². The van der Waals surface area contributed by atoms with E-state index in [2.05, 4.69) is 5.32 Å². The van der Waals surface area contributed by atoms with E-state index in [1.54, 1.807) is 13.0 Å². The predicted molar refractivity (Wildman–Crippen MR) is 135 cm³/mol. The molecule has 0 radical (unpaired) electrons. The molecule has 2 amide bonds. The summed E-state index contributed by atoms with van der Waals surface area (Å²) in [5, 5.41) is 2.96. The number of rotatable bonds is 9. The van der Waals surface area contributed by atoms with Crippen LogP contribution in [0.5, 0.6) is 0 Å². The molecule has 0 bridgehead atoms. The summed E-state index contributed by atoms with van der Waals surface area (Å²) in [4.78, 5) is 27.9. The summed E-state index contributed by atoms with van der Waals surface area (Å²) in [6.45, 7) is 2.71. The molecule has 1 aliphatic carbocycles. The topological polar surface area (TPSA) is 86.8 Å². The van der Waals surface area contributed by atoms with E-state index in [0.29, 0.717) is 10.4 Å². The molecular formula is C26H32F3N3O4S. The zero-order valence-electron chi connectivity index (χ0n) is 21.1. The van der Waals surface area contributed by atoms with Crippen molar-refractivity contribution in [3.8, 4) is 0 Å². The highest BCUT2D eigenvalue weighted by molar-refractivity contribution is 7.92. The van der Waals surface area contributed by atoms with Crippen molar-refractivity contribution >= 4 is 27.5 Å². The molecule has 0 aromatic heterocycles. The molecule has 0 saturated heterocycles. The highest BCUT2D eigenvalue weighted by Crippen LogP contribution is 2.32. The Kier molecular flexibility index (Phi) is 8.88. The van der Waals surface area contributed by atoms with Gasteiger partial charge in [0, 0.05) is 12.6 Å². The quantitative estimate of drug-likeness (QED) is 0.516. The molecule has 0 heterocycles. The van der Waals surface area contributed by atoms with Gasteiger partial charge >= 0.3 is 6.18 Å². The van der Waals surface area contributed by atoms with E-state index in [9.17, 15) is 31.2 Å². The highest BCUT2D eigenvalue weighted by Gasteiger charge is 2.34. The van der Waals surface area contributed by atoms with Gasteiger partial charge in [0.15, 0.2) is 0 Å². The smallest absolute Gasteiger partial charge is 0.352 e. The molecule has 1 aliphatic rings. The molecule has 202 valence electrons. The summed E-state index contributed by atoms with van der Waals surface area (Å²) in [5.41, 5.74) is 0.352. The van der Waals surface area contributed by atoms with Gasteiger partial charge in [-0.15, -0.1) is 0 Å². The molecule has 3 rings (SSSR count). The zero-order chi connectivity index (χ0) is 27.4. The molecule has 37 heavy (non-hydrogen) atoms. The number of carbonyl (C=O) groups is 2. The molecular weight excluding hydrogens is 507 g/mol. The summed E-state index contributed by atoms with van der Waals surface area (Å²) in [7, 11) is -4.14. The average Bonchev–Trinajstić information content (AvgIpc) is 3.32. The molecule has 1 saturated carbocycles. The molecule has 7 nitrogen and oxygen atoms in total. The Balaban J connectivity index is 1.92. The van der Waals surface area contributed by atoms with E-state index in [4.69, 9.17) is 0 Å². The number of aryl methyl sites for hydroxylation is 1. The van der Waals surface area contributed by atoms with Crippen molar-refractivity contribution < 1.29 is 31.2 Å². The molecule has 1 atom stereocenters. The van der Waals surface area contributed by atoms with Crippen LogP contribution in [0.1, 0.15) is 49.3 Å². The molecule has 11 heteroatoms. The minimum Gasteiger partial charge on any atom is -0.352 e. The van der Waals surface area contributed by atoms with Crippen LogP contribution >= 0.6 is 0 Å². The van der Waals surface area contributed by atoms with Crippen LogP contribution in [0.3, 0.4) is 0 Å². The maximum absolute atomic E-state index is 13.5. The first-order valence-corrected chi connectivity index (χ1v) is 13.9. The van der Waals surface area contributed by atoms with Gasteiger partial charge in [0.2, 0.25) is 21.8 Å². The summed E-state index contributed by atoms with van der Waals surface area (Å²) >= 11 is 0. The van der Waals surface area contributed by atoms with Gasteiger partial charge in [0.25, 0.3) is 0 Å². The SMILES string of the molecule is Cc1cccc(CN(C(=O)CN(c2cccc(C(F)(F)F)c2)S(C)(=O)=O)[C@H](C)C(=O)NC2CCCC2)c1. The third-order valence-electron chi connectivity index (χ3n) is 6.44. The number of carbonyl (C=O) groups excluding carboxylic acids is 2. The lowest BCUT2D eigenvalue weighted by Gasteiger charge is -2.32. The number of hydrogen-bond donors (Lipinski definition) is 1. The molecule has 0 aliphatic heterocycles. The number of anilines is 1. The minimum absolute atomic E-state index is 0.0171. The molecule has 0 spiro atoms. The molecule has 2 aromatic rings. The fraction of sp³-hybridized carbons (Fsp3) is 0.462. The van der Waals surface area contributed by atoms with Crippen LogP contribution in [0.4, 0.5) is 18.9 Å². The number of alkyl halides is 3. The second-order valence-corrected chi connectivity index (χ2v) is 11.4. The maximum atomic E-state index is 13.5.